The van der Waals surface area contributed by atoms with E-state index in [-0.39, 0.29) is 11.4 Å². The Morgan fingerprint density at radius 3 is 2.87 bits per heavy atom. The maximum atomic E-state index is 12.8. The van der Waals surface area contributed by atoms with E-state index in [9.17, 15) is 13.6 Å². The summed E-state index contributed by atoms with van der Waals surface area (Å²) >= 11 is 0. The van der Waals surface area contributed by atoms with Crippen molar-refractivity contribution in [3.05, 3.63) is 35.7 Å². The van der Waals surface area contributed by atoms with Gasteiger partial charge in [-0.15, -0.1) is 0 Å². The lowest BCUT2D eigenvalue weighted by Crippen LogP contribution is -2.14. The summed E-state index contributed by atoms with van der Waals surface area (Å²) in [7, 11) is 1.36. The molecule has 0 spiro atoms. The summed E-state index contributed by atoms with van der Waals surface area (Å²) in [4.78, 5) is 12.2. The minimum atomic E-state index is -2.70. The largest absolute Gasteiger partial charge is 0.489 e. The summed E-state index contributed by atoms with van der Waals surface area (Å²) in [6.07, 6.45) is -1.96. The number of aromatic nitrogens is 2. The van der Waals surface area contributed by atoms with Crippen LogP contribution in [0.3, 0.4) is 0 Å². The number of amides is 1. The van der Waals surface area contributed by atoms with Crippen molar-refractivity contribution in [1.29, 1.82) is 0 Å². The Bertz CT molecular complexity index is 731. The predicted molar refractivity (Wildman–Crippen MR) is 78.2 cm³/mol. The van der Waals surface area contributed by atoms with Gasteiger partial charge in [0.05, 0.1) is 18.9 Å². The second kappa shape index (κ2) is 6.23. The fraction of sp³-hybridized carbons (Fsp3) is 0.333. The van der Waals surface area contributed by atoms with Crippen LogP contribution in [-0.4, -0.2) is 28.9 Å². The van der Waals surface area contributed by atoms with Crippen LogP contribution in [0.1, 0.15) is 29.0 Å². The Balaban J connectivity index is 1.85. The van der Waals surface area contributed by atoms with E-state index >= 15 is 0 Å². The van der Waals surface area contributed by atoms with Gasteiger partial charge < -0.3 is 14.8 Å². The summed E-state index contributed by atoms with van der Waals surface area (Å²) in [6.45, 7) is 1.00. The molecular weight excluding hydrogens is 308 g/mol. The molecule has 2 aromatic rings. The van der Waals surface area contributed by atoms with Crippen LogP contribution in [0.15, 0.2) is 24.3 Å². The van der Waals surface area contributed by atoms with Crippen molar-refractivity contribution in [2.45, 2.75) is 12.8 Å². The number of hydrogen-bond donors (Lipinski definition) is 1. The molecule has 0 fully saturated rings. The van der Waals surface area contributed by atoms with E-state index < -0.39 is 12.3 Å². The van der Waals surface area contributed by atoms with Crippen molar-refractivity contribution in [3.63, 3.8) is 0 Å². The third-order valence-corrected chi connectivity index (χ3v) is 3.39. The zero-order chi connectivity index (χ0) is 16.4. The van der Waals surface area contributed by atoms with Gasteiger partial charge in [0.15, 0.2) is 17.2 Å². The molecule has 1 aromatic heterocycles. The van der Waals surface area contributed by atoms with Gasteiger partial charge in [-0.05, 0) is 18.2 Å². The van der Waals surface area contributed by atoms with Gasteiger partial charge in [-0.3, -0.25) is 9.48 Å². The van der Waals surface area contributed by atoms with Gasteiger partial charge in [-0.2, -0.15) is 5.10 Å². The quantitative estimate of drug-likeness (QED) is 0.943. The lowest BCUT2D eigenvalue weighted by Gasteiger charge is -2.12. The SMILES string of the molecule is Cn1nc(C(=O)Nc2cccc3c2OCCCO3)cc1C(F)F. The first-order valence-electron chi connectivity index (χ1n) is 7.08. The first-order chi connectivity index (χ1) is 11.1. The lowest BCUT2D eigenvalue weighted by molar-refractivity contribution is 0.102. The molecule has 1 aliphatic heterocycles. The van der Waals surface area contributed by atoms with Crippen molar-refractivity contribution in [1.82, 2.24) is 9.78 Å². The van der Waals surface area contributed by atoms with Crippen LogP contribution < -0.4 is 14.8 Å². The van der Waals surface area contributed by atoms with Crippen molar-refractivity contribution in [2.75, 3.05) is 18.5 Å². The topological polar surface area (TPSA) is 65.4 Å². The number of carbonyl (C=O) groups excluding carboxylic acids is 1. The van der Waals surface area contributed by atoms with Crippen molar-refractivity contribution < 1.29 is 23.0 Å². The van der Waals surface area contributed by atoms with E-state index in [0.29, 0.717) is 30.4 Å². The fourth-order valence-corrected chi connectivity index (χ4v) is 2.28. The molecule has 0 aliphatic carbocycles. The van der Waals surface area contributed by atoms with Gasteiger partial charge in [0.2, 0.25) is 0 Å². The molecule has 6 nitrogen and oxygen atoms in total. The minimum Gasteiger partial charge on any atom is -0.489 e. The minimum absolute atomic E-state index is 0.0880. The number of hydrogen-bond acceptors (Lipinski definition) is 4. The number of nitrogens with zero attached hydrogens (tertiary/aromatic N) is 2. The Morgan fingerprint density at radius 1 is 1.35 bits per heavy atom. The smallest absolute Gasteiger partial charge is 0.280 e. The molecule has 0 bridgehead atoms. The number of carbonyl (C=O) groups is 1. The van der Waals surface area contributed by atoms with Gasteiger partial charge >= 0.3 is 0 Å². The first kappa shape index (κ1) is 15.3. The molecule has 1 N–H and O–H groups in total. The highest BCUT2D eigenvalue weighted by atomic mass is 19.3. The number of benzene rings is 1. The molecule has 122 valence electrons. The van der Waals surface area contributed by atoms with Crippen LogP contribution in [0.5, 0.6) is 11.5 Å². The molecule has 8 heteroatoms. The molecule has 0 saturated heterocycles. The molecular formula is C15H15F2N3O3. The van der Waals surface area contributed by atoms with Gasteiger partial charge in [0.25, 0.3) is 12.3 Å². The van der Waals surface area contributed by atoms with Crippen molar-refractivity contribution in [2.24, 2.45) is 7.05 Å². The lowest BCUT2D eigenvalue weighted by atomic mass is 10.2. The molecule has 0 atom stereocenters. The molecule has 1 aliphatic rings. The zero-order valence-corrected chi connectivity index (χ0v) is 12.4. The number of fused-ring (bicyclic) bond motifs is 1. The standard InChI is InChI=1S/C15H15F2N3O3/c1-20-11(14(16)17)8-10(19-20)15(21)18-9-4-2-5-12-13(9)23-7-3-6-22-12/h2,4-5,8,14H,3,6-7H2,1H3,(H,18,21). The number of para-hydroxylation sites is 1. The number of nitrogens with one attached hydrogen (secondary N) is 1. The molecule has 1 aromatic carbocycles. The summed E-state index contributed by atoms with van der Waals surface area (Å²) in [5, 5.41) is 6.44. The molecule has 23 heavy (non-hydrogen) atoms. The maximum Gasteiger partial charge on any atom is 0.280 e. The molecule has 0 radical (unpaired) electrons. The Morgan fingerprint density at radius 2 is 2.13 bits per heavy atom. The van der Waals surface area contributed by atoms with E-state index in [0.717, 1.165) is 17.2 Å². The highest BCUT2D eigenvalue weighted by Crippen LogP contribution is 2.37. The number of ether oxygens (including phenoxy) is 2. The predicted octanol–water partition coefficient (Wildman–Crippen LogP) is 2.77. The van der Waals surface area contributed by atoms with E-state index in [1.807, 2.05) is 0 Å². The molecule has 0 unspecified atom stereocenters. The molecule has 3 rings (SSSR count). The number of halogens is 2. The fourth-order valence-electron chi connectivity index (χ4n) is 2.28. The van der Waals surface area contributed by atoms with E-state index in [4.69, 9.17) is 9.47 Å². The van der Waals surface area contributed by atoms with Crippen LogP contribution in [-0.2, 0) is 7.05 Å². The van der Waals surface area contributed by atoms with Crippen LogP contribution in [0, 0.1) is 0 Å². The Kier molecular flexibility index (Phi) is 4.14. The normalized spacial score (nSPS) is 13.7. The van der Waals surface area contributed by atoms with Crippen LogP contribution in [0.4, 0.5) is 14.5 Å². The van der Waals surface area contributed by atoms with Crippen LogP contribution in [0.2, 0.25) is 0 Å². The number of alkyl halides is 2. The van der Waals surface area contributed by atoms with E-state index in [1.165, 1.54) is 7.05 Å². The van der Waals surface area contributed by atoms with Crippen molar-refractivity contribution >= 4 is 11.6 Å². The monoisotopic (exact) mass is 323 g/mol. The van der Waals surface area contributed by atoms with Crippen LogP contribution in [0.25, 0.3) is 0 Å². The second-order valence-corrected chi connectivity index (χ2v) is 5.02. The van der Waals surface area contributed by atoms with Crippen LogP contribution >= 0.6 is 0 Å². The highest BCUT2D eigenvalue weighted by molar-refractivity contribution is 6.04. The van der Waals surface area contributed by atoms with Gasteiger partial charge in [0.1, 0.15) is 5.69 Å². The highest BCUT2D eigenvalue weighted by Gasteiger charge is 2.21. The second-order valence-electron chi connectivity index (χ2n) is 5.02. The van der Waals surface area contributed by atoms with Crippen molar-refractivity contribution in [3.8, 4) is 11.5 Å². The number of anilines is 1. The maximum absolute atomic E-state index is 12.8. The van der Waals surface area contributed by atoms with Gasteiger partial charge in [-0.25, -0.2) is 8.78 Å². The third kappa shape index (κ3) is 3.10. The summed E-state index contributed by atoms with van der Waals surface area (Å²) in [5.41, 5.74) is 0.00946. The zero-order valence-electron chi connectivity index (χ0n) is 12.4. The van der Waals surface area contributed by atoms with Gasteiger partial charge in [0, 0.05) is 13.5 Å². The third-order valence-electron chi connectivity index (χ3n) is 3.39. The number of aryl methyl sites for hydroxylation is 1. The van der Waals surface area contributed by atoms with Gasteiger partial charge in [-0.1, -0.05) is 6.07 Å². The van der Waals surface area contributed by atoms with E-state index in [2.05, 4.69) is 10.4 Å². The summed E-state index contributed by atoms with van der Waals surface area (Å²) in [5.74, 6) is 0.381. The average Bonchev–Trinajstić information content (AvgIpc) is 2.76. The molecule has 0 saturated carbocycles. The van der Waals surface area contributed by atoms with E-state index in [1.54, 1.807) is 18.2 Å². The Labute approximate surface area is 131 Å². The average molecular weight is 323 g/mol. The molecule has 2 heterocycles. The molecule has 1 amide bonds. The number of rotatable bonds is 3. The summed E-state index contributed by atoms with van der Waals surface area (Å²) < 4.78 is 37.7. The summed E-state index contributed by atoms with van der Waals surface area (Å²) in [6, 6.07) is 6.18. The Hall–Kier alpha value is -2.64. The first-order valence-corrected chi connectivity index (χ1v) is 7.08.